The molecule has 18 heavy (non-hydrogen) atoms. The molecule has 0 spiro atoms. The first-order valence-electron chi connectivity index (χ1n) is 6.01. The van der Waals surface area contributed by atoms with Crippen molar-refractivity contribution >= 4 is 6.29 Å². The van der Waals surface area contributed by atoms with Crippen molar-refractivity contribution in [2.24, 2.45) is 5.92 Å². The minimum atomic E-state index is 0.367. The summed E-state index contributed by atoms with van der Waals surface area (Å²) in [5.41, 5.74) is 1.99. The Morgan fingerprint density at radius 1 is 1.44 bits per heavy atom. The van der Waals surface area contributed by atoms with Crippen LogP contribution in [0, 0.1) is 5.92 Å². The number of rotatable bonds is 5. The second-order valence-electron chi connectivity index (χ2n) is 4.59. The normalized spacial score (nSPS) is 10.8. The molecular weight excluding hydrogens is 228 g/mol. The molecule has 0 aromatic carbocycles. The third-order valence-corrected chi connectivity index (χ3v) is 2.73. The molecule has 0 saturated heterocycles. The maximum absolute atomic E-state index is 11.0. The average Bonchev–Trinajstić information content (AvgIpc) is 2.80. The van der Waals surface area contributed by atoms with Gasteiger partial charge in [0, 0.05) is 24.5 Å². The number of aldehydes is 1. The molecule has 0 fully saturated rings. The van der Waals surface area contributed by atoms with Crippen LogP contribution in [-0.4, -0.2) is 26.3 Å². The van der Waals surface area contributed by atoms with Crippen LogP contribution in [0.1, 0.15) is 30.8 Å². The molecule has 0 atom stereocenters. The average molecular weight is 244 g/mol. The van der Waals surface area contributed by atoms with Crippen molar-refractivity contribution in [2.45, 2.75) is 26.8 Å². The Morgan fingerprint density at radius 2 is 2.28 bits per heavy atom. The molecule has 0 aliphatic carbocycles. The Kier molecular flexibility index (Phi) is 3.82. The van der Waals surface area contributed by atoms with E-state index in [4.69, 9.17) is 0 Å². The molecule has 0 aliphatic heterocycles. The molecule has 0 bridgehead atoms. The van der Waals surface area contributed by atoms with Gasteiger partial charge in [-0.05, 0) is 24.5 Å². The Labute approximate surface area is 106 Å². The lowest BCUT2D eigenvalue weighted by Crippen LogP contribution is -2.05. The van der Waals surface area contributed by atoms with E-state index in [-0.39, 0.29) is 0 Å². The number of pyridine rings is 1. The fourth-order valence-corrected chi connectivity index (χ4v) is 1.74. The van der Waals surface area contributed by atoms with Gasteiger partial charge in [0.15, 0.2) is 12.0 Å². The third kappa shape index (κ3) is 2.61. The lowest BCUT2D eigenvalue weighted by molar-refractivity contribution is 0.111. The standard InChI is InChI=1S/C13H16N4O/c1-10(2)5-7-17-13(12(9-18)15-16-17)11-4-3-6-14-8-11/h3-4,6,8-10H,5,7H2,1-2H3. The summed E-state index contributed by atoms with van der Waals surface area (Å²) in [6, 6.07) is 3.74. The van der Waals surface area contributed by atoms with Gasteiger partial charge in [0.2, 0.25) is 0 Å². The number of nitrogens with zero attached hydrogens (tertiary/aromatic N) is 4. The van der Waals surface area contributed by atoms with Gasteiger partial charge >= 0.3 is 0 Å². The number of aryl methyl sites for hydroxylation is 1. The van der Waals surface area contributed by atoms with E-state index >= 15 is 0 Å². The molecule has 0 radical (unpaired) electrons. The minimum absolute atomic E-state index is 0.367. The monoisotopic (exact) mass is 244 g/mol. The molecule has 5 nitrogen and oxygen atoms in total. The van der Waals surface area contributed by atoms with E-state index in [1.54, 1.807) is 17.1 Å². The van der Waals surface area contributed by atoms with Gasteiger partial charge in [-0.15, -0.1) is 5.10 Å². The smallest absolute Gasteiger partial charge is 0.172 e. The molecule has 2 rings (SSSR count). The van der Waals surface area contributed by atoms with Crippen LogP contribution < -0.4 is 0 Å². The maximum atomic E-state index is 11.0. The number of carbonyl (C=O) groups excluding carboxylic acids is 1. The summed E-state index contributed by atoms with van der Waals surface area (Å²) in [7, 11) is 0. The molecule has 0 aliphatic rings. The fourth-order valence-electron chi connectivity index (χ4n) is 1.74. The highest BCUT2D eigenvalue weighted by atomic mass is 16.1. The molecule has 0 unspecified atom stereocenters. The Bertz CT molecular complexity index is 519. The van der Waals surface area contributed by atoms with Crippen molar-refractivity contribution in [1.82, 2.24) is 20.0 Å². The lowest BCUT2D eigenvalue weighted by atomic mass is 10.1. The number of carbonyl (C=O) groups is 1. The highest BCUT2D eigenvalue weighted by Gasteiger charge is 2.14. The first-order chi connectivity index (χ1) is 8.72. The molecule has 0 saturated carbocycles. The van der Waals surface area contributed by atoms with Crippen LogP contribution in [0.15, 0.2) is 24.5 Å². The van der Waals surface area contributed by atoms with Crippen molar-refractivity contribution < 1.29 is 4.79 Å². The van der Waals surface area contributed by atoms with Gasteiger partial charge < -0.3 is 0 Å². The van der Waals surface area contributed by atoms with Gasteiger partial charge in [0.1, 0.15) is 5.69 Å². The van der Waals surface area contributed by atoms with E-state index in [2.05, 4.69) is 29.1 Å². The second kappa shape index (κ2) is 5.53. The molecule has 5 heteroatoms. The van der Waals surface area contributed by atoms with Crippen molar-refractivity contribution in [3.63, 3.8) is 0 Å². The molecule has 0 N–H and O–H groups in total. The van der Waals surface area contributed by atoms with Crippen molar-refractivity contribution in [3.8, 4) is 11.3 Å². The second-order valence-corrected chi connectivity index (χ2v) is 4.59. The number of hydrogen-bond donors (Lipinski definition) is 0. The van der Waals surface area contributed by atoms with E-state index in [1.165, 1.54) is 0 Å². The van der Waals surface area contributed by atoms with Crippen LogP contribution in [0.5, 0.6) is 0 Å². The third-order valence-electron chi connectivity index (χ3n) is 2.73. The summed E-state index contributed by atoms with van der Waals surface area (Å²) in [6.45, 7) is 5.06. The van der Waals surface area contributed by atoms with Crippen LogP contribution in [0.3, 0.4) is 0 Å². The van der Waals surface area contributed by atoms with E-state index in [0.29, 0.717) is 11.6 Å². The predicted octanol–water partition coefficient (Wildman–Crippen LogP) is 2.20. The molecule has 2 aromatic heterocycles. The zero-order chi connectivity index (χ0) is 13.0. The number of aromatic nitrogens is 4. The van der Waals surface area contributed by atoms with E-state index in [1.807, 2.05) is 12.1 Å². The van der Waals surface area contributed by atoms with Gasteiger partial charge in [-0.3, -0.25) is 9.78 Å². The summed E-state index contributed by atoms with van der Waals surface area (Å²) in [5, 5.41) is 7.95. The predicted molar refractivity (Wildman–Crippen MR) is 68.1 cm³/mol. The summed E-state index contributed by atoms with van der Waals surface area (Å²) < 4.78 is 1.78. The first kappa shape index (κ1) is 12.4. The molecule has 94 valence electrons. The number of hydrogen-bond acceptors (Lipinski definition) is 4. The quantitative estimate of drug-likeness (QED) is 0.756. The van der Waals surface area contributed by atoms with E-state index in [9.17, 15) is 4.79 Å². The first-order valence-corrected chi connectivity index (χ1v) is 6.01. The van der Waals surface area contributed by atoms with Crippen LogP contribution in [0.2, 0.25) is 0 Å². The van der Waals surface area contributed by atoms with Gasteiger partial charge in [0.05, 0.1) is 0 Å². The Morgan fingerprint density at radius 3 is 2.89 bits per heavy atom. The van der Waals surface area contributed by atoms with Gasteiger partial charge in [0.25, 0.3) is 0 Å². The highest BCUT2D eigenvalue weighted by Crippen LogP contribution is 2.20. The zero-order valence-corrected chi connectivity index (χ0v) is 10.6. The van der Waals surface area contributed by atoms with Gasteiger partial charge in [-0.1, -0.05) is 19.1 Å². The van der Waals surface area contributed by atoms with E-state index in [0.717, 1.165) is 30.5 Å². The summed E-state index contributed by atoms with van der Waals surface area (Å²) >= 11 is 0. The van der Waals surface area contributed by atoms with Crippen molar-refractivity contribution in [2.75, 3.05) is 0 Å². The lowest BCUT2D eigenvalue weighted by Gasteiger charge is -2.08. The molecule has 2 heterocycles. The SMILES string of the molecule is CC(C)CCn1nnc(C=O)c1-c1cccnc1. The fraction of sp³-hybridized carbons (Fsp3) is 0.385. The van der Waals surface area contributed by atoms with Gasteiger partial charge in [-0.2, -0.15) is 0 Å². The molecule has 2 aromatic rings. The van der Waals surface area contributed by atoms with Crippen molar-refractivity contribution in [1.29, 1.82) is 0 Å². The summed E-state index contributed by atoms with van der Waals surface area (Å²) in [4.78, 5) is 15.1. The van der Waals surface area contributed by atoms with Crippen LogP contribution in [-0.2, 0) is 6.54 Å². The zero-order valence-electron chi connectivity index (χ0n) is 10.6. The maximum Gasteiger partial charge on any atom is 0.172 e. The molecular formula is C13H16N4O. The largest absolute Gasteiger partial charge is 0.296 e. The van der Waals surface area contributed by atoms with Crippen LogP contribution >= 0.6 is 0 Å². The summed E-state index contributed by atoms with van der Waals surface area (Å²) in [5.74, 6) is 0.579. The highest BCUT2D eigenvalue weighted by molar-refractivity contribution is 5.82. The Hall–Kier alpha value is -2.04. The van der Waals surface area contributed by atoms with E-state index < -0.39 is 0 Å². The van der Waals surface area contributed by atoms with Crippen molar-refractivity contribution in [3.05, 3.63) is 30.2 Å². The summed E-state index contributed by atoms with van der Waals surface area (Å²) in [6.07, 6.45) is 5.15. The van der Waals surface area contributed by atoms with Crippen LogP contribution in [0.25, 0.3) is 11.3 Å². The van der Waals surface area contributed by atoms with Crippen LogP contribution in [0.4, 0.5) is 0 Å². The van der Waals surface area contributed by atoms with Gasteiger partial charge in [-0.25, -0.2) is 4.68 Å². The minimum Gasteiger partial charge on any atom is -0.296 e. The Balaban J connectivity index is 2.37. The topological polar surface area (TPSA) is 60.7 Å². The molecule has 0 amide bonds.